The number of hydrogen-bond donors (Lipinski definition) is 0. The first-order valence-electron chi connectivity index (χ1n) is 8.33. The molecule has 0 aliphatic heterocycles. The second-order valence-electron chi connectivity index (χ2n) is 5.45. The molecule has 3 rings (SSSR count). The number of hydrogen-bond acceptors (Lipinski definition) is 3. The fourth-order valence-electron chi connectivity index (χ4n) is 2.27. The van der Waals surface area contributed by atoms with Gasteiger partial charge in [0.1, 0.15) is 11.5 Å². The van der Waals surface area contributed by atoms with E-state index in [1.54, 1.807) is 0 Å². The molecular weight excluding hydrogens is 331 g/mol. The Morgan fingerprint density at radius 2 is 1.08 bits per heavy atom. The van der Waals surface area contributed by atoms with E-state index in [4.69, 9.17) is 13.6 Å². The van der Waals surface area contributed by atoms with Crippen LogP contribution in [0.2, 0.25) is 0 Å². The molecule has 128 valence electrons. The summed E-state index contributed by atoms with van der Waals surface area (Å²) in [4.78, 5) is 0. The van der Waals surface area contributed by atoms with E-state index in [-0.39, 0.29) is 0 Å². The van der Waals surface area contributed by atoms with Gasteiger partial charge in [-0.15, -0.1) is 0 Å². The zero-order valence-electron chi connectivity index (χ0n) is 14.0. The summed E-state index contributed by atoms with van der Waals surface area (Å²) >= 11 is 0. The Morgan fingerprint density at radius 1 is 0.600 bits per heavy atom. The molecule has 3 nitrogen and oxygen atoms in total. The van der Waals surface area contributed by atoms with E-state index in [0.717, 1.165) is 24.3 Å². The Kier molecular flexibility index (Phi) is 6.87. The molecule has 0 heterocycles. The third kappa shape index (κ3) is 6.22. The predicted molar refractivity (Wildman–Crippen MR) is 102 cm³/mol. The van der Waals surface area contributed by atoms with Crippen LogP contribution in [-0.4, -0.2) is 6.61 Å². The van der Waals surface area contributed by atoms with Gasteiger partial charge in [-0.1, -0.05) is 66.7 Å². The molecular formula is C21H21O3P. The Bertz CT molecular complexity index is 678. The molecule has 0 unspecified atom stereocenters. The average molecular weight is 352 g/mol. The molecule has 0 saturated heterocycles. The lowest BCUT2D eigenvalue weighted by molar-refractivity contribution is 0.262. The maximum atomic E-state index is 5.89. The first-order chi connectivity index (χ1) is 12.4. The fraction of sp³-hybridized carbons (Fsp3) is 0.143. The highest BCUT2D eigenvalue weighted by atomic mass is 31.2. The highest BCUT2D eigenvalue weighted by molar-refractivity contribution is 7.42. The van der Waals surface area contributed by atoms with E-state index in [0.29, 0.717) is 6.61 Å². The smallest absolute Gasteiger partial charge is 0.418 e. The molecule has 0 spiro atoms. The van der Waals surface area contributed by atoms with Gasteiger partial charge >= 0.3 is 8.60 Å². The van der Waals surface area contributed by atoms with Crippen LogP contribution >= 0.6 is 8.60 Å². The molecule has 3 aromatic rings. The van der Waals surface area contributed by atoms with Crippen LogP contribution in [0.1, 0.15) is 12.0 Å². The van der Waals surface area contributed by atoms with Gasteiger partial charge in [0.2, 0.25) is 0 Å². The number of benzene rings is 3. The van der Waals surface area contributed by atoms with Crippen molar-refractivity contribution in [1.82, 2.24) is 0 Å². The minimum atomic E-state index is -1.49. The Balaban J connectivity index is 1.54. The molecule has 0 aromatic heterocycles. The van der Waals surface area contributed by atoms with E-state index in [2.05, 4.69) is 24.3 Å². The topological polar surface area (TPSA) is 27.7 Å². The molecule has 25 heavy (non-hydrogen) atoms. The van der Waals surface area contributed by atoms with Crippen LogP contribution in [0.3, 0.4) is 0 Å². The Morgan fingerprint density at radius 3 is 1.60 bits per heavy atom. The lowest BCUT2D eigenvalue weighted by Gasteiger charge is -2.17. The molecule has 0 bridgehead atoms. The monoisotopic (exact) mass is 352 g/mol. The van der Waals surface area contributed by atoms with Gasteiger partial charge in [0.05, 0.1) is 6.61 Å². The van der Waals surface area contributed by atoms with Crippen molar-refractivity contribution >= 4 is 8.60 Å². The summed E-state index contributed by atoms with van der Waals surface area (Å²) in [5, 5.41) is 0. The molecule has 3 aromatic carbocycles. The van der Waals surface area contributed by atoms with Crippen LogP contribution < -0.4 is 9.05 Å². The third-order valence-corrected chi connectivity index (χ3v) is 4.61. The second kappa shape index (κ2) is 9.83. The van der Waals surface area contributed by atoms with Crippen molar-refractivity contribution in [2.45, 2.75) is 12.8 Å². The summed E-state index contributed by atoms with van der Waals surface area (Å²) in [6, 6.07) is 29.6. The van der Waals surface area contributed by atoms with E-state index in [9.17, 15) is 0 Å². The van der Waals surface area contributed by atoms with Gasteiger partial charge in [-0.05, 0) is 42.7 Å². The van der Waals surface area contributed by atoms with Crippen LogP contribution in [0, 0.1) is 0 Å². The van der Waals surface area contributed by atoms with Crippen LogP contribution in [0.4, 0.5) is 0 Å². The largest absolute Gasteiger partial charge is 0.463 e. The van der Waals surface area contributed by atoms with Gasteiger partial charge < -0.3 is 9.05 Å². The van der Waals surface area contributed by atoms with Gasteiger partial charge in [-0.25, -0.2) is 0 Å². The van der Waals surface area contributed by atoms with Crippen LogP contribution in [0.15, 0.2) is 91.0 Å². The van der Waals surface area contributed by atoms with Crippen LogP contribution in [0.5, 0.6) is 11.5 Å². The summed E-state index contributed by atoms with van der Waals surface area (Å²) in [5.74, 6) is 1.49. The average Bonchev–Trinajstić information content (AvgIpc) is 2.67. The van der Waals surface area contributed by atoms with Crippen molar-refractivity contribution in [3.8, 4) is 11.5 Å². The molecule has 0 aliphatic rings. The highest BCUT2D eigenvalue weighted by Crippen LogP contribution is 2.41. The molecule has 0 fully saturated rings. The lowest BCUT2D eigenvalue weighted by Crippen LogP contribution is -2.02. The Hall–Kier alpha value is -2.35. The molecule has 0 aliphatic carbocycles. The normalized spacial score (nSPS) is 10.6. The maximum Gasteiger partial charge on any atom is 0.463 e. The summed E-state index contributed by atoms with van der Waals surface area (Å²) in [7, 11) is -1.49. The summed E-state index contributed by atoms with van der Waals surface area (Å²) in [5.41, 5.74) is 1.31. The minimum Gasteiger partial charge on any atom is -0.418 e. The van der Waals surface area contributed by atoms with E-state index >= 15 is 0 Å². The molecule has 4 heteroatoms. The molecule has 0 atom stereocenters. The quantitative estimate of drug-likeness (QED) is 0.348. The van der Waals surface area contributed by atoms with E-state index in [1.807, 2.05) is 66.7 Å². The van der Waals surface area contributed by atoms with Crippen molar-refractivity contribution < 1.29 is 13.6 Å². The molecule has 0 radical (unpaired) electrons. The number of rotatable bonds is 9. The van der Waals surface area contributed by atoms with E-state index < -0.39 is 8.60 Å². The Labute approximate surface area is 150 Å². The molecule has 0 saturated carbocycles. The lowest BCUT2D eigenvalue weighted by atomic mass is 10.1. The predicted octanol–water partition coefficient (Wildman–Crippen LogP) is 6.02. The number of aryl methyl sites for hydroxylation is 1. The first kappa shape index (κ1) is 17.5. The molecule has 0 amide bonds. The highest BCUT2D eigenvalue weighted by Gasteiger charge is 2.17. The third-order valence-electron chi connectivity index (χ3n) is 3.50. The fourth-order valence-corrected chi connectivity index (χ4v) is 3.27. The van der Waals surface area contributed by atoms with Crippen LogP contribution in [0.25, 0.3) is 0 Å². The first-order valence-corrected chi connectivity index (χ1v) is 9.43. The van der Waals surface area contributed by atoms with Gasteiger partial charge in [0.15, 0.2) is 0 Å². The van der Waals surface area contributed by atoms with Crippen molar-refractivity contribution in [2.75, 3.05) is 6.61 Å². The zero-order valence-corrected chi connectivity index (χ0v) is 14.8. The van der Waals surface area contributed by atoms with Gasteiger partial charge in [0.25, 0.3) is 0 Å². The standard InChI is InChI=1S/C21H21O3P/c1-4-11-19(12-5-1)13-10-18-22-25(23-20-14-6-2-7-15-20)24-21-16-8-3-9-17-21/h1-9,11-12,14-17H,10,13,18H2. The minimum absolute atomic E-state index is 0.584. The van der Waals surface area contributed by atoms with Gasteiger partial charge in [-0.3, -0.25) is 4.52 Å². The molecule has 0 N–H and O–H groups in total. The van der Waals surface area contributed by atoms with Gasteiger partial charge in [0, 0.05) is 0 Å². The maximum absolute atomic E-state index is 5.89. The van der Waals surface area contributed by atoms with Crippen molar-refractivity contribution in [3.05, 3.63) is 96.6 Å². The summed E-state index contributed by atoms with van der Waals surface area (Å²) in [6.07, 6.45) is 1.89. The van der Waals surface area contributed by atoms with E-state index in [1.165, 1.54) is 5.56 Å². The SMILES string of the molecule is c1ccc(CCCOP(Oc2ccccc2)Oc2ccccc2)cc1. The summed E-state index contributed by atoms with van der Waals surface area (Å²) in [6.45, 7) is 0.584. The zero-order chi connectivity index (χ0) is 17.2. The van der Waals surface area contributed by atoms with Crippen molar-refractivity contribution in [2.24, 2.45) is 0 Å². The summed E-state index contributed by atoms with van der Waals surface area (Å²) < 4.78 is 17.7. The second-order valence-corrected chi connectivity index (χ2v) is 6.53. The van der Waals surface area contributed by atoms with Gasteiger partial charge in [-0.2, -0.15) is 0 Å². The van der Waals surface area contributed by atoms with Crippen LogP contribution in [-0.2, 0) is 10.9 Å². The van der Waals surface area contributed by atoms with Crippen molar-refractivity contribution in [3.63, 3.8) is 0 Å². The number of para-hydroxylation sites is 2. The van der Waals surface area contributed by atoms with Crippen molar-refractivity contribution in [1.29, 1.82) is 0 Å².